The Morgan fingerprint density at radius 3 is 2.31 bits per heavy atom. The van der Waals surface area contributed by atoms with E-state index in [4.69, 9.17) is 21.1 Å². The minimum absolute atomic E-state index is 0.0578. The van der Waals surface area contributed by atoms with Gasteiger partial charge in [-0.2, -0.15) is 0 Å². The third-order valence-electron chi connectivity index (χ3n) is 3.26. The Kier molecular flexibility index (Phi) is 9.17. The molecule has 1 aromatic heterocycles. The molecule has 0 saturated heterocycles. The Morgan fingerprint density at radius 1 is 1.21 bits per heavy atom. The average Bonchev–Trinajstić information content (AvgIpc) is 2.49. The molecule has 10 heteroatoms. The van der Waals surface area contributed by atoms with Crippen LogP contribution in [0.25, 0.3) is 0 Å². The zero-order chi connectivity index (χ0) is 22.4. The van der Waals surface area contributed by atoms with Crippen LogP contribution in [0.1, 0.15) is 53.2 Å². The number of carbonyl (C=O) groups is 2. The quantitative estimate of drug-likeness (QED) is 0.572. The fraction of sp³-hybridized carbons (Fsp3) is 0.632. The highest BCUT2D eigenvalue weighted by molar-refractivity contribution is 9.10. The second kappa shape index (κ2) is 10.4. The lowest BCUT2D eigenvalue weighted by Crippen LogP contribution is -2.44. The molecule has 164 valence electrons. The van der Waals surface area contributed by atoms with E-state index >= 15 is 0 Å². The van der Waals surface area contributed by atoms with Gasteiger partial charge in [0.15, 0.2) is 0 Å². The van der Waals surface area contributed by atoms with Gasteiger partial charge in [-0.05, 0) is 75.2 Å². The molecule has 0 aliphatic rings. The van der Waals surface area contributed by atoms with Gasteiger partial charge in [0.2, 0.25) is 0 Å². The van der Waals surface area contributed by atoms with E-state index in [-0.39, 0.29) is 24.8 Å². The maximum Gasteiger partial charge on any atom is 0.410 e. The maximum absolute atomic E-state index is 12.6. The monoisotopic (exact) mass is 493 g/mol. The van der Waals surface area contributed by atoms with Crippen LogP contribution in [-0.4, -0.2) is 58.0 Å². The molecule has 0 bridgehead atoms. The van der Waals surface area contributed by atoms with Gasteiger partial charge in [-0.1, -0.05) is 11.6 Å². The SMILES string of the molecule is CC(C)(C)OC(=O)NCCN(CC(O)c1cc(Cl)nc(Br)c1)C(=O)OC(C)(C)C. The number of carbonyl (C=O) groups excluding carboxylic acids is 2. The number of hydrogen-bond acceptors (Lipinski definition) is 6. The molecule has 1 aromatic rings. The molecule has 0 aliphatic heterocycles. The van der Waals surface area contributed by atoms with Gasteiger partial charge in [0.05, 0.1) is 12.6 Å². The van der Waals surface area contributed by atoms with Gasteiger partial charge in [-0.3, -0.25) is 0 Å². The predicted molar refractivity (Wildman–Crippen MR) is 114 cm³/mol. The third-order valence-corrected chi connectivity index (χ3v) is 3.86. The van der Waals surface area contributed by atoms with Crippen molar-refractivity contribution < 1.29 is 24.2 Å². The van der Waals surface area contributed by atoms with Crippen LogP contribution in [0.3, 0.4) is 0 Å². The van der Waals surface area contributed by atoms with Crippen molar-refractivity contribution in [3.05, 3.63) is 27.5 Å². The van der Waals surface area contributed by atoms with Crippen LogP contribution in [0.4, 0.5) is 9.59 Å². The van der Waals surface area contributed by atoms with Crippen LogP contribution in [-0.2, 0) is 9.47 Å². The molecule has 0 saturated carbocycles. The van der Waals surface area contributed by atoms with Crippen molar-refractivity contribution in [2.45, 2.75) is 58.8 Å². The largest absolute Gasteiger partial charge is 0.444 e. The van der Waals surface area contributed by atoms with E-state index in [0.29, 0.717) is 10.2 Å². The number of amides is 2. The molecule has 29 heavy (non-hydrogen) atoms. The molecule has 0 fully saturated rings. The fourth-order valence-electron chi connectivity index (χ4n) is 2.18. The van der Waals surface area contributed by atoms with Gasteiger partial charge < -0.3 is 24.8 Å². The summed E-state index contributed by atoms with van der Waals surface area (Å²) in [7, 11) is 0. The van der Waals surface area contributed by atoms with E-state index in [0.717, 1.165) is 0 Å². The van der Waals surface area contributed by atoms with Crippen LogP contribution in [0.2, 0.25) is 5.15 Å². The lowest BCUT2D eigenvalue weighted by atomic mass is 10.1. The summed E-state index contributed by atoms with van der Waals surface area (Å²) in [5, 5.41) is 13.4. The molecule has 0 radical (unpaired) electrons. The highest BCUT2D eigenvalue weighted by atomic mass is 79.9. The second-order valence-corrected chi connectivity index (χ2v) is 9.62. The van der Waals surface area contributed by atoms with Gasteiger partial charge in [0.25, 0.3) is 0 Å². The highest BCUT2D eigenvalue weighted by Gasteiger charge is 2.25. The first kappa shape index (κ1) is 25.5. The lowest BCUT2D eigenvalue weighted by Gasteiger charge is -2.29. The molecular weight excluding hydrogens is 466 g/mol. The van der Waals surface area contributed by atoms with Crippen molar-refractivity contribution in [2.75, 3.05) is 19.6 Å². The van der Waals surface area contributed by atoms with E-state index in [1.165, 1.54) is 11.0 Å². The number of nitrogens with zero attached hydrogens (tertiary/aromatic N) is 2. The first-order chi connectivity index (χ1) is 13.2. The Labute approximate surface area is 185 Å². The average molecular weight is 495 g/mol. The molecule has 0 spiro atoms. The molecule has 1 heterocycles. The topological polar surface area (TPSA) is 101 Å². The Balaban J connectivity index is 2.82. The van der Waals surface area contributed by atoms with E-state index in [1.807, 2.05) is 0 Å². The minimum Gasteiger partial charge on any atom is -0.444 e. The molecule has 8 nitrogen and oxygen atoms in total. The number of alkyl carbamates (subject to hydrolysis) is 1. The minimum atomic E-state index is -1.03. The van der Waals surface area contributed by atoms with Crippen molar-refractivity contribution in [1.82, 2.24) is 15.2 Å². The summed E-state index contributed by atoms with van der Waals surface area (Å²) in [5.74, 6) is 0. The van der Waals surface area contributed by atoms with Crippen molar-refractivity contribution in [3.8, 4) is 0 Å². The van der Waals surface area contributed by atoms with Gasteiger partial charge in [-0.25, -0.2) is 14.6 Å². The van der Waals surface area contributed by atoms with Gasteiger partial charge in [-0.15, -0.1) is 0 Å². The van der Waals surface area contributed by atoms with Crippen LogP contribution >= 0.6 is 27.5 Å². The smallest absolute Gasteiger partial charge is 0.410 e. The van der Waals surface area contributed by atoms with Crippen LogP contribution < -0.4 is 5.32 Å². The Morgan fingerprint density at radius 2 is 1.79 bits per heavy atom. The van der Waals surface area contributed by atoms with E-state index in [1.54, 1.807) is 47.6 Å². The molecule has 0 aromatic carbocycles. The number of ether oxygens (including phenoxy) is 2. The number of halogens is 2. The molecule has 2 amide bonds. The molecule has 0 aliphatic carbocycles. The zero-order valence-electron chi connectivity index (χ0n) is 17.6. The van der Waals surface area contributed by atoms with Gasteiger partial charge in [0.1, 0.15) is 21.0 Å². The lowest BCUT2D eigenvalue weighted by molar-refractivity contribution is 0.0138. The fourth-order valence-corrected chi connectivity index (χ4v) is 2.96. The number of rotatable bonds is 6. The highest BCUT2D eigenvalue weighted by Crippen LogP contribution is 2.22. The zero-order valence-corrected chi connectivity index (χ0v) is 19.9. The van der Waals surface area contributed by atoms with Crippen molar-refractivity contribution in [1.29, 1.82) is 0 Å². The molecule has 1 atom stereocenters. The summed E-state index contributed by atoms with van der Waals surface area (Å²) in [6, 6.07) is 3.13. The van der Waals surface area contributed by atoms with Crippen LogP contribution in [0.15, 0.2) is 16.7 Å². The standard InChI is InChI=1S/C19H29BrClN3O5/c1-18(2,3)28-16(26)22-7-8-24(17(27)29-19(4,5)6)11-13(25)12-9-14(20)23-15(21)10-12/h9-10,13,25H,7-8,11H2,1-6H3,(H,22,26). The van der Waals surface area contributed by atoms with Crippen molar-refractivity contribution in [3.63, 3.8) is 0 Å². The van der Waals surface area contributed by atoms with Crippen molar-refractivity contribution >= 4 is 39.7 Å². The van der Waals surface area contributed by atoms with E-state index in [9.17, 15) is 14.7 Å². The summed E-state index contributed by atoms with van der Waals surface area (Å²) in [4.78, 5) is 29.7. The first-order valence-electron chi connectivity index (χ1n) is 9.12. The predicted octanol–water partition coefficient (Wildman–Crippen LogP) is 4.29. The summed E-state index contributed by atoms with van der Waals surface area (Å²) in [6.07, 6.45) is -2.23. The number of aliphatic hydroxyl groups excluding tert-OH is 1. The number of aromatic nitrogens is 1. The summed E-state index contributed by atoms with van der Waals surface area (Å²) in [5.41, 5.74) is -0.841. The molecule has 1 rings (SSSR count). The normalized spacial score (nSPS) is 12.9. The summed E-state index contributed by atoms with van der Waals surface area (Å²) < 4.78 is 11.0. The molecular formula is C19H29BrClN3O5. The first-order valence-corrected chi connectivity index (χ1v) is 10.3. The Hall–Kier alpha value is -1.58. The van der Waals surface area contributed by atoms with Crippen molar-refractivity contribution in [2.24, 2.45) is 0 Å². The number of hydrogen-bond donors (Lipinski definition) is 2. The van der Waals surface area contributed by atoms with Crippen LogP contribution in [0, 0.1) is 0 Å². The third kappa shape index (κ3) is 10.7. The van der Waals surface area contributed by atoms with E-state index in [2.05, 4.69) is 26.2 Å². The number of aliphatic hydroxyl groups is 1. The Bertz CT molecular complexity index is 699. The number of nitrogens with one attached hydrogen (secondary N) is 1. The summed E-state index contributed by atoms with van der Waals surface area (Å²) >= 11 is 9.16. The number of pyridine rings is 1. The summed E-state index contributed by atoms with van der Waals surface area (Å²) in [6.45, 7) is 10.7. The molecule has 1 unspecified atom stereocenters. The second-order valence-electron chi connectivity index (χ2n) is 8.42. The van der Waals surface area contributed by atoms with E-state index < -0.39 is 29.5 Å². The van der Waals surface area contributed by atoms with Crippen LogP contribution in [0.5, 0.6) is 0 Å². The molecule has 2 N–H and O–H groups in total. The van der Waals surface area contributed by atoms with Gasteiger partial charge in [0, 0.05) is 13.1 Å². The maximum atomic E-state index is 12.6. The van der Waals surface area contributed by atoms with Gasteiger partial charge >= 0.3 is 12.2 Å².